The molecule has 0 spiro atoms. The minimum atomic E-state index is -2.96. The monoisotopic (exact) mass is 287 g/mol. The maximum absolute atomic E-state index is 12.2. The lowest BCUT2D eigenvalue weighted by Gasteiger charge is -2.17. The van der Waals surface area contributed by atoms with Gasteiger partial charge in [0.1, 0.15) is 11.8 Å². The molecule has 0 aliphatic carbocycles. The average molecular weight is 287 g/mol. The highest BCUT2D eigenvalue weighted by Crippen LogP contribution is 2.26. The summed E-state index contributed by atoms with van der Waals surface area (Å²) in [6, 6.07) is 4.50. The topological polar surface area (TPSA) is 79.5 Å². The number of benzene rings is 1. The molecule has 8 heteroatoms. The van der Waals surface area contributed by atoms with E-state index in [2.05, 4.69) is 20.7 Å². The largest absolute Gasteiger partial charge is 0.433 e. The maximum atomic E-state index is 12.2. The zero-order valence-electron chi connectivity index (χ0n) is 10.9. The van der Waals surface area contributed by atoms with E-state index in [9.17, 15) is 18.4 Å². The SMILES string of the molecule is CNC(=O)NC(=O)C(C)Nc1ccccc1OC(F)F. The number of halogens is 2. The smallest absolute Gasteiger partial charge is 0.387 e. The Morgan fingerprint density at radius 3 is 2.50 bits per heavy atom. The summed E-state index contributed by atoms with van der Waals surface area (Å²) in [5.74, 6) is -0.682. The summed E-state index contributed by atoms with van der Waals surface area (Å²) in [6.07, 6.45) is 0. The van der Waals surface area contributed by atoms with Crippen molar-refractivity contribution in [3.05, 3.63) is 24.3 Å². The van der Waals surface area contributed by atoms with Crippen LogP contribution in [0.2, 0.25) is 0 Å². The zero-order valence-corrected chi connectivity index (χ0v) is 10.9. The van der Waals surface area contributed by atoms with Gasteiger partial charge in [0.05, 0.1) is 5.69 Å². The Morgan fingerprint density at radius 1 is 1.25 bits per heavy atom. The molecule has 1 rings (SSSR count). The number of hydrogen-bond acceptors (Lipinski definition) is 4. The van der Waals surface area contributed by atoms with Crippen molar-refractivity contribution in [1.82, 2.24) is 10.6 Å². The van der Waals surface area contributed by atoms with Crippen LogP contribution >= 0.6 is 0 Å². The Morgan fingerprint density at radius 2 is 1.90 bits per heavy atom. The van der Waals surface area contributed by atoms with E-state index in [-0.39, 0.29) is 11.4 Å². The van der Waals surface area contributed by atoms with Gasteiger partial charge < -0.3 is 15.4 Å². The summed E-state index contributed by atoms with van der Waals surface area (Å²) in [5, 5.41) is 6.99. The summed E-state index contributed by atoms with van der Waals surface area (Å²) >= 11 is 0. The number of para-hydroxylation sites is 2. The van der Waals surface area contributed by atoms with Crippen LogP contribution < -0.4 is 20.7 Å². The molecule has 1 aromatic carbocycles. The number of alkyl halides is 2. The lowest BCUT2D eigenvalue weighted by molar-refractivity contribution is -0.120. The summed E-state index contributed by atoms with van der Waals surface area (Å²) in [7, 11) is 1.37. The lowest BCUT2D eigenvalue weighted by atomic mass is 10.2. The van der Waals surface area contributed by atoms with E-state index in [0.717, 1.165) is 0 Å². The quantitative estimate of drug-likeness (QED) is 0.767. The number of urea groups is 1. The second-order valence-corrected chi connectivity index (χ2v) is 3.81. The van der Waals surface area contributed by atoms with E-state index in [1.807, 2.05) is 0 Å². The molecule has 1 unspecified atom stereocenters. The number of carbonyl (C=O) groups is 2. The van der Waals surface area contributed by atoms with E-state index in [4.69, 9.17) is 0 Å². The molecule has 0 fully saturated rings. The van der Waals surface area contributed by atoms with Gasteiger partial charge in [-0.3, -0.25) is 10.1 Å². The van der Waals surface area contributed by atoms with Gasteiger partial charge in [0, 0.05) is 7.05 Å². The van der Waals surface area contributed by atoms with E-state index in [1.165, 1.54) is 32.2 Å². The maximum Gasteiger partial charge on any atom is 0.387 e. The van der Waals surface area contributed by atoms with E-state index in [1.54, 1.807) is 6.07 Å². The van der Waals surface area contributed by atoms with Crippen LogP contribution in [-0.2, 0) is 4.79 Å². The molecule has 0 bridgehead atoms. The summed E-state index contributed by atoms with van der Waals surface area (Å²) < 4.78 is 28.8. The molecule has 3 amide bonds. The lowest BCUT2D eigenvalue weighted by Crippen LogP contribution is -2.44. The number of carbonyl (C=O) groups excluding carboxylic acids is 2. The Labute approximate surface area is 114 Å². The fourth-order valence-corrected chi connectivity index (χ4v) is 1.37. The van der Waals surface area contributed by atoms with E-state index < -0.39 is 24.6 Å². The van der Waals surface area contributed by atoms with Crippen LogP contribution in [0.5, 0.6) is 5.75 Å². The highest BCUT2D eigenvalue weighted by molar-refractivity contribution is 5.98. The first kappa shape index (κ1) is 15.7. The first-order chi connectivity index (χ1) is 9.43. The number of nitrogens with one attached hydrogen (secondary N) is 3. The predicted molar refractivity (Wildman–Crippen MR) is 68.8 cm³/mol. The van der Waals surface area contributed by atoms with Crippen LogP contribution in [-0.4, -0.2) is 31.6 Å². The fourth-order valence-electron chi connectivity index (χ4n) is 1.37. The van der Waals surface area contributed by atoms with Gasteiger partial charge in [-0.25, -0.2) is 4.79 Å². The van der Waals surface area contributed by atoms with Crippen LogP contribution in [0.4, 0.5) is 19.3 Å². The van der Waals surface area contributed by atoms with Gasteiger partial charge in [0.2, 0.25) is 5.91 Å². The van der Waals surface area contributed by atoms with Crippen LogP contribution in [0, 0.1) is 0 Å². The molecule has 0 aromatic heterocycles. The van der Waals surface area contributed by atoms with E-state index >= 15 is 0 Å². The van der Waals surface area contributed by atoms with Gasteiger partial charge >= 0.3 is 12.6 Å². The molecule has 0 aliphatic heterocycles. The standard InChI is InChI=1S/C12H15F2N3O3/c1-7(10(18)17-12(19)15-2)16-8-5-3-4-6-9(8)20-11(13)14/h3-7,11,16H,1-2H3,(H2,15,17,18,19). The first-order valence-electron chi connectivity index (χ1n) is 5.77. The van der Waals surface area contributed by atoms with Gasteiger partial charge in [0.25, 0.3) is 0 Å². The Hall–Kier alpha value is -2.38. The number of rotatable bonds is 5. The van der Waals surface area contributed by atoms with Crippen molar-refractivity contribution in [1.29, 1.82) is 0 Å². The molecule has 1 aromatic rings. The van der Waals surface area contributed by atoms with Crippen molar-refractivity contribution in [3.8, 4) is 5.75 Å². The van der Waals surface area contributed by atoms with Crippen molar-refractivity contribution >= 4 is 17.6 Å². The van der Waals surface area contributed by atoms with Crippen molar-refractivity contribution < 1.29 is 23.1 Å². The normalized spacial score (nSPS) is 11.7. The molecule has 6 nitrogen and oxygen atoms in total. The third-order valence-electron chi connectivity index (χ3n) is 2.33. The van der Waals surface area contributed by atoms with Crippen molar-refractivity contribution in [3.63, 3.8) is 0 Å². The third kappa shape index (κ3) is 4.71. The van der Waals surface area contributed by atoms with Crippen LogP contribution in [0.1, 0.15) is 6.92 Å². The Kier molecular flexibility index (Phi) is 5.70. The highest BCUT2D eigenvalue weighted by Gasteiger charge is 2.17. The fraction of sp³-hybridized carbons (Fsp3) is 0.333. The molecule has 3 N–H and O–H groups in total. The number of ether oxygens (including phenoxy) is 1. The number of imide groups is 1. The average Bonchev–Trinajstić information content (AvgIpc) is 2.40. The van der Waals surface area contributed by atoms with Crippen LogP contribution in [0.3, 0.4) is 0 Å². The molecular formula is C12H15F2N3O3. The van der Waals surface area contributed by atoms with Gasteiger partial charge in [-0.1, -0.05) is 12.1 Å². The Bertz CT molecular complexity index is 483. The minimum absolute atomic E-state index is 0.0814. The molecule has 0 radical (unpaired) electrons. The van der Waals surface area contributed by atoms with Gasteiger partial charge in [-0.05, 0) is 19.1 Å². The molecule has 0 aliphatic rings. The number of anilines is 1. The number of hydrogen-bond donors (Lipinski definition) is 3. The van der Waals surface area contributed by atoms with Gasteiger partial charge in [-0.15, -0.1) is 0 Å². The summed E-state index contributed by atoms with van der Waals surface area (Å²) in [6.45, 7) is -1.48. The highest BCUT2D eigenvalue weighted by atomic mass is 19.3. The first-order valence-corrected chi connectivity index (χ1v) is 5.77. The van der Waals surface area contributed by atoms with E-state index in [0.29, 0.717) is 0 Å². The second kappa shape index (κ2) is 7.27. The predicted octanol–water partition coefficient (Wildman–Crippen LogP) is 1.54. The van der Waals surface area contributed by atoms with Gasteiger partial charge in [-0.2, -0.15) is 8.78 Å². The van der Waals surface area contributed by atoms with Crippen LogP contribution in [0.15, 0.2) is 24.3 Å². The minimum Gasteiger partial charge on any atom is -0.433 e. The van der Waals surface area contributed by atoms with Gasteiger partial charge in [0.15, 0.2) is 0 Å². The van der Waals surface area contributed by atoms with Crippen molar-refractivity contribution in [2.75, 3.05) is 12.4 Å². The molecule has 1 atom stereocenters. The van der Waals surface area contributed by atoms with Crippen LogP contribution in [0.25, 0.3) is 0 Å². The second-order valence-electron chi connectivity index (χ2n) is 3.81. The zero-order chi connectivity index (χ0) is 15.1. The van der Waals surface area contributed by atoms with Crippen molar-refractivity contribution in [2.24, 2.45) is 0 Å². The molecule has 110 valence electrons. The Balaban J connectivity index is 2.72. The molecule has 0 heterocycles. The molecule has 0 saturated carbocycles. The third-order valence-corrected chi connectivity index (χ3v) is 2.33. The molecule has 0 saturated heterocycles. The summed E-state index contributed by atoms with van der Waals surface area (Å²) in [5.41, 5.74) is 0.229. The number of amides is 3. The molecule has 20 heavy (non-hydrogen) atoms. The van der Waals surface area contributed by atoms with Crippen molar-refractivity contribution in [2.45, 2.75) is 19.6 Å². The molecular weight excluding hydrogens is 272 g/mol. The summed E-state index contributed by atoms with van der Waals surface area (Å²) in [4.78, 5) is 22.6.